The van der Waals surface area contributed by atoms with Crippen molar-refractivity contribution in [3.63, 3.8) is 0 Å². The fourth-order valence-electron chi connectivity index (χ4n) is 1.23. The zero-order valence-electron chi connectivity index (χ0n) is 6.26. The number of rotatable bonds is 1. The fraction of sp³-hybridized carbons (Fsp3) is 0.857. The van der Waals surface area contributed by atoms with Gasteiger partial charge in [0.2, 0.25) is 0 Å². The average Bonchev–Trinajstić information content (AvgIpc) is 2.13. The fourth-order valence-corrected chi connectivity index (χ4v) is 1.23. The molecule has 0 aliphatic carbocycles. The second-order valence-electron chi connectivity index (χ2n) is 3.19. The van der Waals surface area contributed by atoms with E-state index in [-0.39, 0.29) is 6.10 Å². The molecule has 1 rings (SSSR count). The number of carboxylic acid groups (broad SMARTS) is 1. The summed E-state index contributed by atoms with van der Waals surface area (Å²) in [5.41, 5.74) is -0.639. The van der Waals surface area contributed by atoms with Gasteiger partial charge in [-0.3, -0.25) is 4.79 Å². The predicted octanol–water partition coefficient (Wildman–Crippen LogP) is 0.886. The summed E-state index contributed by atoms with van der Waals surface area (Å²) in [5, 5.41) is 8.71. The summed E-state index contributed by atoms with van der Waals surface area (Å²) in [5.74, 6) is -0.753. The first-order valence-corrected chi connectivity index (χ1v) is 3.39. The number of hydrogen-bond acceptors (Lipinski definition) is 2. The molecule has 0 amide bonds. The normalized spacial score (nSPS) is 40.0. The number of aliphatic carboxylic acids is 1. The van der Waals surface area contributed by atoms with Crippen LogP contribution in [0.15, 0.2) is 0 Å². The molecular formula is C7H12O3. The van der Waals surface area contributed by atoms with Gasteiger partial charge < -0.3 is 9.84 Å². The SMILES string of the molecule is CC1CC(C)(C(=O)O)CO1. The lowest BCUT2D eigenvalue weighted by Gasteiger charge is -2.13. The zero-order chi connectivity index (χ0) is 7.78. The third-order valence-corrected chi connectivity index (χ3v) is 1.94. The summed E-state index contributed by atoms with van der Waals surface area (Å²) in [6, 6.07) is 0. The van der Waals surface area contributed by atoms with Crippen LogP contribution in [0.4, 0.5) is 0 Å². The van der Waals surface area contributed by atoms with Gasteiger partial charge in [0.1, 0.15) is 0 Å². The topological polar surface area (TPSA) is 46.5 Å². The summed E-state index contributed by atoms with van der Waals surface area (Å²) in [7, 11) is 0. The maximum Gasteiger partial charge on any atom is 0.311 e. The molecule has 2 atom stereocenters. The van der Waals surface area contributed by atoms with Crippen molar-refractivity contribution in [2.75, 3.05) is 6.61 Å². The van der Waals surface area contributed by atoms with Gasteiger partial charge >= 0.3 is 5.97 Å². The van der Waals surface area contributed by atoms with Gasteiger partial charge in [-0.25, -0.2) is 0 Å². The second kappa shape index (κ2) is 2.23. The van der Waals surface area contributed by atoms with E-state index in [2.05, 4.69) is 0 Å². The highest BCUT2D eigenvalue weighted by Gasteiger charge is 2.40. The third-order valence-electron chi connectivity index (χ3n) is 1.94. The van der Waals surface area contributed by atoms with Gasteiger partial charge in [-0.1, -0.05) is 0 Å². The van der Waals surface area contributed by atoms with Crippen LogP contribution in [0.2, 0.25) is 0 Å². The van der Waals surface area contributed by atoms with Gasteiger partial charge in [0.25, 0.3) is 0 Å². The Hall–Kier alpha value is -0.570. The van der Waals surface area contributed by atoms with Gasteiger partial charge in [-0.05, 0) is 20.3 Å². The third kappa shape index (κ3) is 1.14. The first kappa shape index (κ1) is 7.54. The van der Waals surface area contributed by atoms with Crippen LogP contribution in [0, 0.1) is 5.41 Å². The molecule has 1 heterocycles. The Morgan fingerprint density at radius 2 is 2.40 bits per heavy atom. The van der Waals surface area contributed by atoms with Crippen molar-refractivity contribution in [1.82, 2.24) is 0 Å². The van der Waals surface area contributed by atoms with Gasteiger partial charge in [0, 0.05) is 0 Å². The van der Waals surface area contributed by atoms with Crippen LogP contribution in [-0.2, 0) is 9.53 Å². The average molecular weight is 144 g/mol. The summed E-state index contributed by atoms with van der Waals surface area (Å²) in [6.07, 6.45) is 0.726. The maximum atomic E-state index is 10.6. The number of hydrogen-bond donors (Lipinski definition) is 1. The summed E-state index contributed by atoms with van der Waals surface area (Å²) in [4.78, 5) is 10.6. The van der Waals surface area contributed by atoms with E-state index in [1.165, 1.54) is 0 Å². The van der Waals surface area contributed by atoms with Crippen LogP contribution < -0.4 is 0 Å². The van der Waals surface area contributed by atoms with Crippen molar-refractivity contribution in [2.24, 2.45) is 5.41 Å². The Kier molecular flexibility index (Phi) is 1.68. The van der Waals surface area contributed by atoms with E-state index in [4.69, 9.17) is 9.84 Å². The zero-order valence-corrected chi connectivity index (χ0v) is 6.26. The molecule has 0 aromatic heterocycles. The Morgan fingerprint density at radius 1 is 1.80 bits per heavy atom. The van der Waals surface area contributed by atoms with Gasteiger partial charge in [0.15, 0.2) is 0 Å². The van der Waals surface area contributed by atoms with Crippen LogP contribution in [-0.4, -0.2) is 23.8 Å². The highest BCUT2D eigenvalue weighted by atomic mass is 16.5. The van der Waals surface area contributed by atoms with Crippen molar-refractivity contribution in [3.05, 3.63) is 0 Å². The summed E-state index contributed by atoms with van der Waals surface area (Å²) >= 11 is 0. The van der Waals surface area contributed by atoms with Gasteiger partial charge in [-0.15, -0.1) is 0 Å². The molecule has 0 spiro atoms. The minimum atomic E-state index is -0.753. The lowest BCUT2D eigenvalue weighted by Crippen LogP contribution is -2.27. The Bertz CT molecular complexity index is 155. The molecule has 1 aliphatic heterocycles. The van der Waals surface area contributed by atoms with E-state index in [9.17, 15) is 4.79 Å². The van der Waals surface area contributed by atoms with Crippen LogP contribution in [0.1, 0.15) is 20.3 Å². The molecule has 3 nitrogen and oxygen atoms in total. The standard InChI is InChI=1S/C7H12O3/c1-5-3-7(2,4-10-5)6(8)9/h5H,3-4H2,1-2H3,(H,8,9). The lowest BCUT2D eigenvalue weighted by molar-refractivity contribution is -0.147. The highest BCUT2D eigenvalue weighted by molar-refractivity contribution is 5.74. The molecule has 0 bridgehead atoms. The molecule has 10 heavy (non-hydrogen) atoms. The molecule has 1 aliphatic rings. The molecule has 2 unspecified atom stereocenters. The van der Waals surface area contributed by atoms with Crippen molar-refractivity contribution in [1.29, 1.82) is 0 Å². The predicted molar refractivity (Wildman–Crippen MR) is 35.8 cm³/mol. The van der Waals surface area contributed by atoms with Crippen molar-refractivity contribution in [2.45, 2.75) is 26.4 Å². The quantitative estimate of drug-likeness (QED) is 0.594. The van der Waals surface area contributed by atoms with Gasteiger partial charge in [0.05, 0.1) is 18.1 Å². The van der Waals surface area contributed by atoms with E-state index in [1.807, 2.05) is 6.92 Å². The molecule has 1 saturated heterocycles. The maximum absolute atomic E-state index is 10.6. The van der Waals surface area contributed by atoms with E-state index >= 15 is 0 Å². The van der Waals surface area contributed by atoms with E-state index < -0.39 is 11.4 Å². The monoisotopic (exact) mass is 144 g/mol. The van der Waals surface area contributed by atoms with E-state index in [1.54, 1.807) is 6.92 Å². The second-order valence-corrected chi connectivity index (χ2v) is 3.19. The van der Waals surface area contributed by atoms with Gasteiger partial charge in [-0.2, -0.15) is 0 Å². The Labute approximate surface area is 60.0 Å². The minimum absolute atomic E-state index is 0.0982. The molecule has 0 radical (unpaired) electrons. The molecule has 0 aromatic rings. The Morgan fingerprint density at radius 3 is 2.60 bits per heavy atom. The molecule has 0 aromatic carbocycles. The number of carbonyl (C=O) groups is 1. The first-order valence-electron chi connectivity index (χ1n) is 3.39. The molecule has 58 valence electrons. The van der Waals surface area contributed by atoms with Crippen LogP contribution in [0.5, 0.6) is 0 Å². The largest absolute Gasteiger partial charge is 0.481 e. The smallest absolute Gasteiger partial charge is 0.311 e. The van der Waals surface area contributed by atoms with E-state index in [0.29, 0.717) is 13.0 Å². The summed E-state index contributed by atoms with van der Waals surface area (Å²) < 4.78 is 5.15. The van der Waals surface area contributed by atoms with Crippen LogP contribution in [0.3, 0.4) is 0 Å². The number of ether oxygens (including phenoxy) is 1. The highest BCUT2D eigenvalue weighted by Crippen LogP contribution is 2.31. The van der Waals surface area contributed by atoms with Crippen molar-refractivity contribution in [3.8, 4) is 0 Å². The Balaban J connectivity index is 2.63. The summed E-state index contributed by atoms with van der Waals surface area (Å²) in [6.45, 7) is 3.97. The molecule has 1 N–H and O–H groups in total. The first-order chi connectivity index (χ1) is 4.54. The van der Waals surface area contributed by atoms with Crippen molar-refractivity contribution >= 4 is 5.97 Å². The molecule has 3 heteroatoms. The van der Waals surface area contributed by atoms with Crippen molar-refractivity contribution < 1.29 is 14.6 Å². The molecule has 0 saturated carbocycles. The molecule has 1 fully saturated rings. The van der Waals surface area contributed by atoms with E-state index in [0.717, 1.165) is 0 Å². The van der Waals surface area contributed by atoms with Crippen LogP contribution >= 0.6 is 0 Å². The lowest BCUT2D eigenvalue weighted by atomic mass is 9.88. The minimum Gasteiger partial charge on any atom is -0.481 e. The van der Waals surface area contributed by atoms with Crippen LogP contribution in [0.25, 0.3) is 0 Å². The number of carboxylic acids is 1. The molecular weight excluding hydrogens is 132 g/mol.